The van der Waals surface area contributed by atoms with Crippen molar-refractivity contribution in [3.05, 3.63) is 0 Å². The summed E-state index contributed by atoms with van der Waals surface area (Å²) in [4.78, 5) is 0. The first-order valence-corrected chi connectivity index (χ1v) is 5.08. The van der Waals surface area contributed by atoms with Gasteiger partial charge in [-0.1, -0.05) is 0 Å². The number of ether oxygens (including phenoxy) is 1. The molecule has 0 amide bonds. The highest BCUT2D eigenvalue weighted by Gasteiger charge is 2.42. The van der Waals surface area contributed by atoms with Crippen LogP contribution in [0.1, 0.15) is 26.2 Å². The highest BCUT2D eigenvalue weighted by atomic mass is 35.5. The third kappa shape index (κ3) is 2.92. The minimum absolute atomic E-state index is 0.273. The molecule has 0 saturated heterocycles. The molecule has 0 radical (unpaired) electrons. The summed E-state index contributed by atoms with van der Waals surface area (Å²) >= 11 is 5.84. The Kier molecular flexibility index (Phi) is 3.81. The SMILES string of the molecule is COCCC(C)NC1(CCl)CC1. The van der Waals surface area contributed by atoms with Crippen LogP contribution in [0.5, 0.6) is 0 Å². The summed E-state index contributed by atoms with van der Waals surface area (Å²) in [6.45, 7) is 3.01. The Hall–Kier alpha value is 0.210. The van der Waals surface area contributed by atoms with E-state index in [-0.39, 0.29) is 5.54 Å². The van der Waals surface area contributed by atoms with Crippen molar-refractivity contribution < 1.29 is 4.74 Å². The van der Waals surface area contributed by atoms with Gasteiger partial charge in [0, 0.05) is 31.2 Å². The molecule has 0 heterocycles. The molecule has 1 rings (SSSR count). The Morgan fingerprint density at radius 3 is 2.67 bits per heavy atom. The van der Waals surface area contributed by atoms with Crippen molar-refractivity contribution in [2.75, 3.05) is 19.6 Å². The van der Waals surface area contributed by atoms with Crippen LogP contribution in [0, 0.1) is 0 Å². The summed E-state index contributed by atoms with van der Waals surface area (Å²) in [5.41, 5.74) is 0.273. The molecule has 1 N–H and O–H groups in total. The van der Waals surface area contributed by atoms with Crippen LogP contribution >= 0.6 is 11.6 Å². The van der Waals surface area contributed by atoms with E-state index in [2.05, 4.69) is 12.2 Å². The van der Waals surface area contributed by atoms with Gasteiger partial charge >= 0.3 is 0 Å². The van der Waals surface area contributed by atoms with Crippen LogP contribution < -0.4 is 5.32 Å². The molecular formula is C9H18ClNO. The van der Waals surface area contributed by atoms with Gasteiger partial charge in [-0.2, -0.15) is 0 Å². The summed E-state index contributed by atoms with van der Waals surface area (Å²) < 4.78 is 5.01. The van der Waals surface area contributed by atoms with Crippen molar-refractivity contribution >= 4 is 11.6 Å². The second kappa shape index (κ2) is 4.45. The first-order valence-electron chi connectivity index (χ1n) is 4.55. The fourth-order valence-corrected chi connectivity index (χ4v) is 1.70. The van der Waals surface area contributed by atoms with Crippen molar-refractivity contribution in [2.24, 2.45) is 0 Å². The molecule has 2 nitrogen and oxygen atoms in total. The third-order valence-electron chi connectivity index (χ3n) is 2.42. The van der Waals surface area contributed by atoms with Crippen molar-refractivity contribution in [3.8, 4) is 0 Å². The molecule has 0 aliphatic heterocycles. The van der Waals surface area contributed by atoms with Gasteiger partial charge in [0.2, 0.25) is 0 Å². The molecule has 0 bridgehead atoms. The summed E-state index contributed by atoms with van der Waals surface area (Å²) in [7, 11) is 1.74. The zero-order valence-corrected chi connectivity index (χ0v) is 8.66. The van der Waals surface area contributed by atoms with E-state index in [0.29, 0.717) is 6.04 Å². The van der Waals surface area contributed by atoms with Crippen LogP contribution in [-0.4, -0.2) is 31.2 Å². The maximum absolute atomic E-state index is 5.84. The van der Waals surface area contributed by atoms with E-state index in [1.165, 1.54) is 12.8 Å². The number of halogens is 1. The van der Waals surface area contributed by atoms with Crippen molar-refractivity contribution in [2.45, 2.75) is 37.8 Å². The van der Waals surface area contributed by atoms with Crippen LogP contribution in [0.4, 0.5) is 0 Å². The summed E-state index contributed by atoms with van der Waals surface area (Å²) in [5, 5.41) is 3.54. The zero-order valence-electron chi connectivity index (χ0n) is 7.90. The zero-order chi connectivity index (χ0) is 9.03. The lowest BCUT2D eigenvalue weighted by molar-refractivity contribution is 0.182. The molecule has 0 aromatic heterocycles. The molecule has 1 saturated carbocycles. The number of alkyl halides is 1. The van der Waals surface area contributed by atoms with E-state index in [1.54, 1.807) is 7.11 Å². The topological polar surface area (TPSA) is 21.3 Å². The van der Waals surface area contributed by atoms with E-state index < -0.39 is 0 Å². The molecule has 0 aromatic carbocycles. The van der Waals surface area contributed by atoms with Crippen LogP contribution in [0.25, 0.3) is 0 Å². The normalized spacial score (nSPS) is 22.2. The van der Waals surface area contributed by atoms with Gasteiger partial charge in [0.05, 0.1) is 0 Å². The van der Waals surface area contributed by atoms with Gasteiger partial charge < -0.3 is 10.1 Å². The molecule has 0 aromatic rings. The Morgan fingerprint density at radius 1 is 1.58 bits per heavy atom. The third-order valence-corrected chi connectivity index (χ3v) is 2.93. The molecule has 3 heteroatoms. The number of rotatable bonds is 6. The van der Waals surface area contributed by atoms with E-state index in [0.717, 1.165) is 18.9 Å². The molecular weight excluding hydrogens is 174 g/mol. The van der Waals surface area contributed by atoms with E-state index in [9.17, 15) is 0 Å². The minimum atomic E-state index is 0.273. The van der Waals surface area contributed by atoms with E-state index in [1.807, 2.05) is 0 Å². The average molecular weight is 192 g/mol. The van der Waals surface area contributed by atoms with Crippen LogP contribution in [0.15, 0.2) is 0 Å². The van der Waals surface area contributed by atoms with Crippen molar-refractivity contribution in [3.63, 3.8) is 0 Å². The smallest absolute Gasteiger partial charge is 0.0476 e. The van der Waals surface area contributed by atoms with Crippen LogP contribution in [-0.2, 0) is 4.74 Å². The van der Waals surface area contributed by atoms with Gasteiger partial charge in [0.1, 0.15) is 0 Å². The maximum Gasteiger partial charge on any atom is 0.0476 e. The number of hydrogen-bond acceptors (Lipinski definition) is 2. The molecule has 72 valence electrons. The fraction of sp³-hybridized carbons (Fsp3) is 1.00. The Morgan fingerprint density at radius 2 is 2.25 bits per heavy atom. The maximum atomic E-state index is 5.84. The van der Waals surface area contributed by atoms with Gasteiger partial charge in [-0.15, -0.1) is 11.6 Å². The van der Waals surface area contributed by atoms with Gasteiger partial charge in [-0.05, 0) is 26.2 Å². The quantitative estimate of drug-likeness (QED) is 0.647. The van der Waals surface area contributed by atoms with Crippen molar-refractivity contribution in [1.29, 1.82) is 0 Å². The molecule has 1 fully saturated rings. The lowest BCUT2D eigenvalue weighted by Gasteiger charge is -2.20. The Bertz CT molecular complexity index is 136. The van der Waals surface area contributed by atoms with Gasteiger partial charge in [-0.3, -0.25) is 0 Å². The van der Waals surface area contributed by atoms with E-state index >= 15 is 0 Å². The summed E-state index contributed by atoms with van der Waals surface area (Å²) in [5.74, 6) is 0.740. The lowest BCUT2D eigenvalue weighted by Crippen LogP contribution is -2.40. The van der Waals surface area contributed by atoms with Gasteiger partial charge in [0.15, 0.2) is 0 Å². The predicted molar refractivity (Wildman–Crippen MR) is 51.8 cm³/mol. The highest BCUT2D eigenvalue weighted by molar-refractivity contribution is 6.18. The van der Waals surface area contributed by atoms with E-state index in [4.69, 9.17) is 16.3 Å². The van der Waals surface area contributed by atoms with Gasteiger partial charge in [-0.25, -0.2) is 0 Å². The first kappa shape index (κ1) is 10.3. The summed E-state index contributed by atoms with van der Waals surface area (Å²) in [6, 6.07) is 0.520. The number of methoxy groups -OCH3 is 1. The number of hydrogen-bond donors (Lipinski definition) is 1. The highest BCUT2D eigenvalue weighted by Crippen LogP contribution is 2.36. The van der Waals surface area contributed by atoms with Crippen LogP contribution in [0.2, 0.25) is 0 Å². The molecule has 1 atom stereocenters. The largest absolute Gasteiger partial charge is 0.385 e. The molecule has 0 spiro atoms. The second-order valence-corrected chi connectivity index (χ2v) is 4.01. The van der Waals surface area contributed by atoms with Gasteiger partial charge in [0.25, 0.3) is 0 Å². The predicted octanol–water partition coefficient (Wildman–Crippen LogP) is 1.77. The monoisotopic (exact) mass is 191 g/mol. The molecule has 1 unspecified atom stereocenters. The second-order valence-electron chi connectivity index (χ2n) is 3.74. The lowest BCUT2D eigenvalue weighted by atomic mass is 10.2. The molecule has 1 aliphatic carbocycles. The standard InChI is InChI=1S/C9H18ClNO/c1-8(3-6-12-2)11-9(7-10)4-5-9/h8,11H,3-7H2,1-2H3. The molecule has 12 heavy (non-hydrogen) atoms. The average Bonchev–Trinajstić information content (AvgIpc) is 2.82. The molecule has 1 aliphatic rings. The number of nitrogens with one attached hydrogen (secondary N) is 1. The Labute approximate surface area is 79.6 Å². The summed E-state index contributed by atoms with van der Waals surface area (Å²) in [6.07, 6.45) is 3.52. The van der Waals surface area contributed by atoms with Crippen molar-refractivity contribution in [1.82, 2.24) is 5.32 Å². The Balaban J connectivity index is 2.13. The van der Waals surface area contributed by atoms with Crippen LogP contribution in [0.3, 0.4) is 0 Å². The fourth-order valence-electron chi connectivity index (χ4n) is 1.36. The first-order chi connectivity index (χ1) is 5.72. The minimum Gasteiger partial charge on any atom is -0.385 e.